The number of hydrogen-bond donors (Lipinski definition) is 0. The molecule has 0 rings (SSSR count). The monoisotopic (exact) mass is 842 g/mol. The SMILES string of the molecule is CCCCCC/C=C\CCCCCCCCCC(=O)O[C@H](COC(=O)CCCCCCCCCCC/C=C\CCCCCCCC)COP(=O)([O-])OCC[N+](C)(C)C. The van der Waals surface area contributed by atoms with E-state index in [4.69, 9.17) is 18.5 Å². The van der Waals surface area contributed by atoms with Gasteiger partial charge in [0, 0.05) is 12.8 Å². The molecule has 0 radical (unpaired) electrons. The number of hydrogen-bond acceptors (Lipinski definition) is 8. The van der Waals surface area contributed by atoms with Gasteiger partial charge < -0.3 is 27.9 Å². The van der Waals surface area contributed by atoms with Crippen LogP contribution in [0.5, 0.6) is 0 Å². The van der Waals surface area contributed by atoms with Crippen molar-refractivity contribution in [2.75, 3.05) is 47.5 Å². The standard InChI is InChI=1S/C48H92NO8P/c1-6-8-10-12-14-16-18-20-22-23-24-25-27-28-30-32-34-36-38-40-47(50)54-44-46(45-56-58(52,53)55-43-42-49(3,4)5)57-48(51)41-39-37-35-33-31-29-26-21-19-17-15-13-11-9-7-2/h17,19-20,22,46H,6-16,18,21,23-45H2,1-5H3/b19-17-,22-20-/t46-/m1/s1. The number of carbonyl (C=O) groups is 2. The fourth-order valence-corrected chi connectivity index (χ4v) is 7.37. The molecular formula is C48H92NO8P. The average Bonchev–Trinajstić information content (AvgIpc) is 3.17. The van der Waals surface area contributed by atoms with E-state index < -0.39 is 26.5 Å². The Labute approximate surface area is 358 Å². The molecule has 9 nitrogen and oxygen atoms in total. The van der Waals surface area contributed by atoms with Crippen LogP contribution in [0.2, 0.25) is 0 Å². The first-order valence-corrected chi connectivity index (χ1v) is 25.5. The maximum Gasteiger partial charge on any atom is 0.306 e. The Morgan fingerprint density at radius 3 is 1.29 bits per heavy atom. The van der Waals surface area contributed by atoms with E-state index in [0.717, 1.165) is 44.9 Å². The highest BCUT2D eigenvalue weighted by atomic mass is 31.2. The molecule has 0 spiro atoms. The zero-order valence-corrected chi connectivity index (χ0v) is 39.4. The van der Waals surface area contributed by atoms with Crippen molar-refractivity contribution < 1.29 is 42.1 Å². The van der Waals surface area contributed by atoms with Gasteiger partial charge in [0.25, 0.3) is 7.82 Å². The molecule has 0 aromatic heterocycles. The second kappa shape index (κ2) is 40.9. The lowest BCUT2D eigenvalue weighted by Gasteiger charge is -2.28. The van der Waals surface area contributed by atoms with E-state index >= 15 is 0 Å². The lowest BCUT2D eigenvalue weighted by atomic mass is 10.1. The van der Waals surface area contributed by atoms with Gasteiger partial charge in [-0.2, -0.15) is 0 Å². The van der Waals surface area contributed by atoms with Crippen molar-refractivity contribution in [3.8, 4) is 0 Å². The van der Waals surface area contributed by atoms with Gasteiger partial charge in [-0.15, -0.1) is 0 Å². The van der Waals surface area contributed by atoms with Gasteiger partial charge in [-0.05, 0) is 64.2 Å². The summed E-state index contributed by atoms with van der Waals surface area (Å²) in [5.41, 5.74) is 0. The van der Waals surface area contributed by atoms with Crippen molar-refractivity contribution in [3.05, 3.63) is 24.3 Å². The molecule has 58 heavy (non-hydrogen) atoms. The molecule has 0 amide bonds. The number of likely N-dealkylation sites (N-methyl/N-ethyl adjacent to an activating group) is 1. The van der Waals surface area contributed by atoms with Crippen LogP contribution in [0.25, 0.3) is 0 Å². The lowest BCUT2D eigenvalue weighted by molar-refractivity contribution is -0.870. The van der Waals surface area contributed by atoms with Gasteiger partial charge in [0.2, 0.25) is 0 Å². The summed E-state index contributed by atoms with van der Waals surface area (Å²) in [4.78, 5) is 37.6. The summed E-state index contributed by atoms with van der Waals surface area (Å²) in [7, 11) is 1.17. The molecule has 10 heteroatoms. The van der Waals surface area contributed by atoms with Crippen molar-refractivity contribution in [2.45, 2.75) is 225 Å². The van der Waals surface area contributed by atoms with Crippen LogP contribution in [0.15, 0.2) is 24.3 Å². The molecule has 0 aromatic carbocycles. The van der Waals surface area contributed by atoms with Crippen LogP contribution >= 0.6 is 7.82 Å². The fraction of sp³-hybridized carbons (Fsp3) is 0.875. The number of ether oxygens (including phenoxy) is 2. The molecule has 2 atom stereocenters. The van der Waals surface area contributed by atoms with Crippen molar-refractivity contribution in [1.82, 2.24) is 0 Å². The van der Waals surface area contributed by atoms with Crippen LogP contribution in [0, 0.1) is 0 Å². The Bertz CT molecular complexity index is 1040. The smallest absolute Gasteiger partial charge is 0.306 e. The van der Waals surface area contributed by atoms with E-state index in [9.17, 15) is 19.0 Å². The Kier molecular flexibility index (Phi) is 39.8. The first-order valence-electron chi connectivity index (χ1n) is 24.0. The van der Waals surface area contributed by atoms with Gasteiger partial charge in [0.05, 0.1) is 27.7 Å². The molecule has 0 saturated heterocycles. The second-order valence-corrected chi connectivity index (χ2v) is 18.9. The molecule has 0 saturated carbocycles. The first-order chi connectivity index (χ1) is 28.0. The van der Waals surface area contributed by atoms with E-state index in [1.807, 2.05) is 21.1 Å². The van der Waals surface area contributed by atoms with E-state index in [1.165, 1.54) is 141 Å². The normalized spacial score (nSPS) is 13.7. The highest BCUT2D eigenvalue weighted by Crippen LogP contribution is 2.38. The minimum atomic E-state index is -4.63. The van der Waals surface area contributed by atoms with Crippen LogP contribution in [0.3, 0.4) is 0 Å². The van der Waals surface area contributed by atoms with Crippen LogP contribution in [0.1, 0.15) is 219 Å². The second-order valence-electron chi connectivity index (χ2n) is 17.5. The molecule has 0 aromatic rings. The molecule has 1 unspecified atom stereocenters. The number of carbonyl (C=O) groups excluding carboxylic acids is 2. The zero-order chi connectivity index (χ0) is 42.8. The number of nitrogens with zero attached hydrogens (tertiary/aromatic N) is 1. The van der Waals surface area contributed by atoms with Crippen molar-refractivity contribution >= 4 is 19.8 Å². The van der Waals surface area contributed by atoms with Gasteiger partial charge in [-0.3, -0.25) is 14.2 Å². The minimum absolute atomic E-state index is 0.0305. The third-order valence-electron chi connectivity index (χ3n) is 10.4. The number of quaternary nitrogens is 1. The van der Waals surface area contributed by atoms with Gasteiger partial charge in [-0.1, -0.05) is 167 Å². The third kappa shape index (κ3) is 44.1. The Morgan fingerprint density at radius 1 is 0.517 bits per heavy atom. The summed E-state index contributed by atoms with van der Waals surface area (Å²) in [6.45, 7) is 4.23. The molecule has 0 aliphatic rings. The number of rotatable bonds is 44. The summed E-state index contributed by atoms with van der Waals surface area (Å²) in [6.07, 6.45) is 44.8. The lowest BCUT2D eigenvalue weighted by Crippen LogP contribution is -2.37. The first kappa shape index (κ1) is 56.5. The summed E-state index contributed by atoms with van der Waals surface area (Å²) in [5.74, 6) is -0.835. The summed E-state index contributed by atoms with van der Waals surface area (Å²) in [5, 5.41) is 0. The Hall–Kier alpha value is -1.51. The largest absolute Gasteiger partial charge is 0.756 e. The minimum Gasteiger partial charge on any atom is -0.756 e. The third-order valence-corrected chi connectivity index (χ3v) is 11.4. The van der Waals surface area contributed by atoms with E-state index in [0.29, 0.717) is 17.4 Å². The number of phosphoric acid groups is 1. The Balaban J connectivity index is 4.28. The van der Waals surface area contributed by atoms with Crippen molar-refractivity contribution in [1.29, 1.82) is 0 Å². The maximum atomic E-state index is 12.7. The van der Waals surface area contributed by atoms with Gasteiger partial charge in [0.1, 0.15) is 19.8 Å². The molecule has 0 bridgehead atoms. The topological polar surface area (TPSA) is 111 Å². The summed E-state index contributed by atoms with van der Waals surface area (Å²) < 4.78 is 34.0. The number of unbranched alkanes of at least 4 members (excludes halogenated alkanes) is 26. The zero-order valence-electron chi connectivity index (χ0n) is 38.5. The van der Waals surface area contributed by atoms with E-state index in [-0.39, 0.29) is 32.0 Å². The number of phosphoric ester groups is 1. The summed E-state index contributed by atoms with van der Waals surface area (Å²) >= 11 is 0. The maximum absolute atomic E-state index is 12.7. The van der Waals surface area contributed by atoms with Crippen LogP contribution < -0.4 is 4.89 Å². The van der Waals surface area contributed by atoms with E-state index in [2.05, 4.69) is 38.2 Å². The van der Waals surface area contributed by atoms with Gasteiger partial charge in [-0.25, -0.2) is 0 Å². The Morgan fingerprint density at radius 2 is 0.879 bits per heavy atom. The predicted octanol–water partition coefficient (Wildman–Crippen LogP) is 13.3. The van der Waals surface area contributed by atoms with Crippen LogP contribution in [0.4, 0.5) is 0 Å². The van der Waals surface area contributed by atoms with Gasteiger partial charge in [0.15, 0.2) is 6.10 Å². The molecular weight excluding hydrogens is 750 g/mol. The van der Waals surface area contributed by atoms with Crippen LogP contribution in [-0.2, 0) is 32.7 Å². The van der Waals surface area contributed by atoms with E-state index in [1.54, 1.807) is 0 Å². The highest BCUT2D eigenvalue weighted by Gasteiger charge is 2.21. The molecule has 0 heterocycles. The quantitative estimate of drug-likeness (QED) is 0.0196. The van der Waals surface area contributed by atoms with Crippen LogP contribution in [-0.4, -0.2) is 70.0 Å². The molecule has 0 aliphatic heterocycles. The predicted molar refractivity (Wildman–Crippen MR) is 241 cm³/mol. The van der Waals surface area contributed by atoms with Crippen molar-refractivity contribution in [3.63, 3.8) is 0 Å². The highest BCUT2D eigenvalue weighted by molar-refractivity contribution is 7.45. The number of allylic oxidation sites excluding steroid dienone is 4. The summed E-state index contributed by atoms with van der Waals surface area (Å²) in [6, 6.07) is 0. The average molecular weight is 842 g/mol. The van der Waals surface area contributed by atoms with Crippen molar-refractivity contribution in [2.24, 2.45) is 0 Å². The fourth-order valence-electron chi connectivity index (χ4n) is 6.64. The van der Waals surface area contributed by atoms with Gasteiger partial charge >= 0.3 is 11.9 Å². The molecule has 0 aliphatic carbocycles. The molecule has 0 fully saturated rings. The number of esters is 2. The molecule has 0 N–H and O–H groups in total. The molecule has 342 valence electrons.